The molecule has 0 unspecified atom stereocenters. The maximum absolute atomic E-state index is 12.9. The number of amides is 1. The number of benzene rings is 1. The van der Waals surface area contributed by atoms with Gasteiger partial charge in [0.15, 0.2) is 0 Å². The van der Waals surface area contributed by atoms with Crippen molar-refractivity contribution in [3.63, 3.8) is 0 Å². The summed E-state index contributed by atoms with van der Waals surface area (Å²) in [6.45, 7) is 3.06. The van der Waals surface area contributed by atoms with Crippen LogP contribution in [0.15, 0.2) is 36.4 Å². The first-order chi connectivity index (χ1) is 11.0. The second-order valence-corrected chi connectivity index (χ2v) is 6.60. The average Bonchev–Trinajstić information content (AvgIpc) is 3.18. The van der Waals surface area contributed by atoms with Crippen LogP contribution in [0.3, 0.4) is 0 Å². The zero-order chi connectivity index (χ0) is 16.2. The number of hydrogen-bond donors (Lipinski definition) is 0. The minimum atomic E-state index is -0.661. The number of carbonyl (C=O) groups excluding carboxylic acids is 2. The first-order valence-electron chi connectivity index (χ1n) is 7.83. The van der Waals surface area contributed by atoms with Crippen molar-refractivity contribution in [1.82, 2.24) is 4.90 Å². The maximum atomic E-state index is 12.9. The Morgan fingerprint density at radius 2 is 2.13 bits per heavy atom. The van der Waals surface area contributed by atoms with Gasteiger partial charge < -0.3 is 14.4 Å². The highest BCUT2D eigenvalue weighted by atomic mass is 16.5. The van der Waals surface area contributed by atoms with Crippen LogP contribution in [-0.4, -0.2) is 42.1 Å². The van der Waals surface area contributed by atoms with Crippen LogP contribution in [0.2, 0.25) is 0 Å². The van der Waals surface area contributed by atoms with Gasteiger partial charge in [0.25, 0.3) is 0 Å². The molecule has 1 aromatic rings. The molecule has 4 rings (SSSR count). The normalized spacial score (nSPS) is 34.1. The predicted molar refractivity (Wildman–Crippen MR) is 82.3 cm³/mol. The Balaban J connectivity index is 1.60. The number of nitrogens with zero attached hydrogens (tertiary/aromatic N) is 1. The van der Waals surface area contributed by atoms with E-state index in [1.165, 1.54) is 12.7 Å². The van der Waals surface area contributed by atoms with Gasteiger partial charge in [0.2, 0.25) is 5.91 Å². The van der Waals surface area contributed by atoms with E-state index in [0.29, 0.717) is 13.1 Å². The number of likely N-dealkylation sites (tertiary alicyclic amines) is 1. The van der Waals surface area contributed by atoms with Crippen molar-refractivity contribution >= 4 is 11.9 Å². The van der Waals surface area contributed by atoms with Crippen molar-refractivity contribution in [3.05, 3.63) is 47.5 Å². The molecule has 1 amide bonds. The molecular weight excluding hydrogens is 294 g/mol. The molecule has 3 heterocycles. The average molecular weight is 313 g/mol. The highest BCUT2D eigenvalue weighted by molar-refractivity contribution is 5.91. The van der Waals surface area contributed by atoms with Crippen LogP contribution in [-0.2, 0) is 25.6 Å². The Morgan fingerprint density at radius 1 is 1.39 bits per heavy atom. The second-order valence-electron chi connectivity index (χ2n) is 6.60. The topological polar surface area (TPSA) is 55.8 Å². The summed E-state index contributed by atoms with van der Waals surface area (Å²) in [6.07, 6.45) is 3.51. The quantitative estimate of drug-likeness (QED) is 0.626. The summed E-state index contributed by atoms with van der Waals surface area (Å²) in [7, 11) is 1.36. The summed E-state index contributed by atoms with van der Waals surface area (Å²) in [4.78, 5) is 26.8. The van der Waals surface area contributed by atoms with Gasteiger partial charge in [-0.2, -0.15) is 0 Å². The van der Waals surface area contributed by atoms with Gasteiger partial charge in [-0.1, -0.05) is 42.0 Å². The van der Waals surface area contributed by atoms with E-state index in [2.05, 4.69) is 0 Å². The molecular formula is C18H19NO4. The van der Waals surface area contributed by atoms with E-state index >= 15 is 0 Å². The summed E-state index contributed by atoms with van der Waals surface area (Å²) < 4.78 is 10.9. The van der Waals surface area contributed by atoms with Crippen molar-refractivity contribution in [2.45, 2.75) is 25.2 Å². The van der Waals surface area contributed by atoms with Crippen LogP contribution in [0.4, 0.5) is 0 Å². The first kappa shape index (κ1) is 14.5. The number of aryl methyl sites for hydroxylation is 1. The van der Waals surface area contributed by atoms with Gasteiger partial charge in [-0.3, -0.25) is 9.59 Å². The molecule has 3 aliphatic rings. The molecule has 0 aliphatic carbocycles. The van der Waals surface area contributed by atoms with E-state index in [-0.39, 0.29) is 18.0 Å². The number of ether oxygens (including phenoxy) is 2. The molecule has 3 aliphatic heterocycles. The minimum absolute atomic E-state index is 0.0205. The lowest BCUT2D eigenvalue weighted by atomic mass is 9.77. The summed E-state index contributed by atoms with van der Waals surface area (Å²) >= 11 is 0. The van der Waals surface area contributed by atoms with E-state index in [0.717, 1.165) is 5.56 Å². The lowest BCUT2D eigenvalue weighted by Gasteiger charge is -2.22. The lowest BCUT2D eigenvalue weighted by molar-refractivity contribution is -0.151. The number of methoxy groups -OCH3 is 1. The third-order valence-corrected chi connectivity index (χ3v) is 5.15. The van der Waals surface area contributed by atoms with Crippen molar-refractivity contribution < 1.29 is 19.1 Å². The van der Waals surface area contributed by atoms with E-state index in [1.807, 2.05) is 43.3 Å². The van der Waals surface area contributed by atoms with Gasteiger partial charge in [0.1, 0.15) is 11.5 Å². The molecule has 0 N–H and O–H groups in total. The van der Waals surface area contributed by atoms with E-state index in [1.54, 1.807) is 4.90 Å². The maximum Gasteiger partial charge on any atom is 0.312 e. The summed E-state index contributed by atoms with van der Waals surface area (Å²) in [5.41, 5.74) is 1.60. The monoisotopic (exact) mass is 313 g/mol. The third-order valence-electron chi connectivity index (χ3n) is 5.15. The van der Waals surface area contributed by atoms with E-state index < -0.39 is 17.4 Å². The Kier molecular flexibility index (Phi) is 3.10. The van der Waals surface area contributed by atoms with Gasteiger partial charge in [-0.15, -0.1) is 0 Å². The van der Waals surface area contributed by atoms with Crippen LogP contribution in [0.25, 0.3) is 0 Å². The lowest BCUT2D eigenvalue weighted by Crippen LogP contribution is -2.39. The molecule has 0 saturated carbocycles. The van der Waals surface area contributed by atoms with Crippen molar-refractivity contribution in [2.75, 3.05) is 13.7 Å². The van der Waals surface area contributed by atoms with Crippen LogP contribution < -0.4 is 0 Å². The molecule has 4 atom stereocenters. The van der Waals surface area contributed by atoms with Crippen molar-refractivity contribution in [3.8, 4) is 0 Å². The van der Waals surface area contributed by atoms with Crippen molar-refractivity contribution in [2.24, 2.45) is 11.8 Å². The second kappa shape index (κ2) is 4.93. The fourth-order valence-corrected chi connectivity index (χ4v) is 4.03. The van der Waals surface area contributed by atoms with Crippen LogP contribution in [0.5, 0.6) is 0 Å². The summed E-state index contributed by atoms with van der Waals surface area (Å²) in [6, 6.07) is 8.13. The number of carbonyl (C=O) groups is 2. The van der Waals surface area contributed by atoms with Crippen LogP contribution >= 0.6 is 0 Å². The minimum Gasteiger partial charge on any atom is -0.469 e. The zero-order valence-corrected chi connectivity index (χ0v) is 13.2. The molecule has 23 heavy (non-hydrogen) atoms. The first-order valence-corrected chi connectivity index (χ1v) is 7.83. The Labute approximate surface area is 134 Å². The van der Waals surface area contributed by atoms with E-state index in [4.69, 9.17) is 9.47 Å². The largest absolute Gasteiger partial charge is 0.469 e. The Bertz CT molecular complexity index is 695. The van der Waals surface area contributed by atoms with Gasteiger partial charge >= 0.3 is 5.97 Å². The molecule has 0 aromatic heterocycles. The molecule has 5 heteroatoms. The standard InChI is InChI=1S/C18H19NO4/c1-11-3-5-12(6-4-11)9-19-10-18-8-7-13(23-18)14(17(21)22-2)15(18)16(19)20/h3-8,13-15H,9-10H2,1-2H3/t13-,14-,15-,18+/m1/s1. The van der Waals surface area contributed by atoms with E-state index in [9.17, 15) is 9.59 Å². The number of esters is 1. The fourth-order valence-electron chi connectivity index (χ4n) is 4.03. The van der Waals surface area contributed by atoms with Gasteiger partial charge in [-0.05, 0) is 12.5 Å². The molecule has 0 radical (unpaired) electrons. The number of rotatable bonds is 3. The smallest absolute Gasteiger partial charge is 0.312 e. The molecule has 5 nitrogen and oxygen atoms in total. The molecule has 2 saturated heterocycles. The SMILES string of the molecule is COC(=O)[C@@H]1[C@H]2C=C[C@@]3(CN(Cc4ccc(C)cc4)C(=O)[C@@H]13)O2. The van der Waals surface area contributed by atoms with Gasteiger partial charge in [0.05, 0.1) is 25.7 Å². The zero-order valence-electron chi connectivity index (χ0n) is 13.2. The summed E-state index contributed by atoms with van der Waals surface area (Å²) in [5, 5.41) is 0. The molecule has 1 aromatic carbocycles. The van der Waals surface area contributed by atoms with Crippen LogP contribution in [0, 0.1) is 18.8 Å². The Morgan fingerprint density at radius 3 is 2.83 bits per heavy atom. The molecule has 2 fully saturated rings. The molecule has 2 bridgehead atoms. The van der Waals surface area contributed by atoms with Gasteiger partial charge in [0, 0.05) is 6.54 Å². The fraction of sp³-hybridized carbons (Fsp3) is 0.444. The highest BCUT2D eigenvalue weighted by Crippen LogP contribution is 2.52. The summed E-state index contributed by atoms with van der Waals surface area (Å²) in [5.74, 6) is -1.37. The Hall–Kier alpha value is -2.14. The molecule has 120 valence electrons. The van der Waals surface area contributed by atoms with Crippen molar-refractivity contribution in [1.29, 1.82) is 0 Å². The predicted octanol–water partition coefficient (Wildman–Crippen LogP) is 1.45. The molecule has 1 spiro atoms. The third kappa shape index (κ3) is 2.03. The number of hydrogen-bond acceptors (Lipinski definition) is 4. The number of fused-ring (bicyclic) bond motifs is 1. The van der Waals surface area contributed by atoms with Gasteiger partial charge in [-0.25, -0.2) is 0 Å². The highest BCUT2D eigenvalue weighted by Gasteiger charge is 2.67. The van der Waals surface area contributed by atoms with Crippen LogP contribution in [0.1, 0.15) is 11.1 Å².